The van der Waals surface area contributed by atoms with Crippen LogP contribution in [0.2, 0.25) is 0 Å². The molecule has 0 spiro atoms. The zero-order valence-corrected chi connectivity index (χ0v) is 14.2. The third-order valence-electron chi connectivity index (χ3n) is 3.61. The number of nitrogen functional groups attached to an aromatic ring is 1. The number of anilines is 1. The maximum atomic E-state index is 12.3. The highest BCUT2D eigenvalue weighted by molar-refractivity contribution is 5.95. The minimum Gasteiger partial charge on any atom is -0.408 e. The molecule has 2 aromatic rings. The number of hydrogen-bond acceptors (Lipinski definition) is 9. The smallest absolute Gasteiger partial charge is 0.408 e. The quantitative estimate of drug-likeness (QED) is 0.116. The number of carbonyl (C=O) groups excluding carboxylic acids is 3. The average molecular weight is 375 g/mol. The Morgan fingerprint density at radius 1 is 1.19 bits per heavy atom. The van der Waals surface area contributed by atoms with E-state index in [0.29, 0.717) is 11.2 Å². The minimum absolute atomic E-state index is 0.172. The lowest BCUT2D eigenvalue weighted by Gasteiger charge is -2.16. The number of amides is 2. The molecule has 0 aliphatic rings. The predicted molar refractivity (Wildman–Crippen MR) is 93.8 cm³/mol. The van der Waals surface area contributed by atoms with Crippen molar-refractivity contribution in [2.45, 2.75) is 19.3 Å². The predicted octanol–water partition coefficient (Wildman–Crippen LogP) is 1.10. The normalized spacial score (nSPS) is 12.4. The van der Waals surface area contributed by atoms with Crippen LogP contribution in [0.25, 0.3) is 10.9 Å². The van der Waals surface area contributed by atoms with Gasteiger partial charge in [0.2, 0.25) is 5.90 Å². The van der Waals surface area contributed by atoms with E-state index in [1.165, 1.54) is 0 Å². The maximum Gasteiger partial charge on any atom is 0.412 e. The first kappa shape index (κ1) is 19.4. The maximum absolute atomic E-state index is 12.3. The van der Waals surface area contributed by atoms with E-state index in [-0.39, 0.29) is 5.69 Å². The SMILES string of the molecule is Cc1cc(C(C/C(=N\O)OC(N)=O)C(=O)OC(N)=O)nc2ccc(N)cc12. The number of primary amides is 2. The number of oxime groups is 1. The van der Waals surface area contributed by atoms with Crippen LogP contribution in [0.4, 0.5) is 15.3 Å². The lowest BCUT2D eigenvalue weighted by Crippen LogP contribution is -2.28. The van der Waals surface area contributed by atoms with Gasteiger partial charge >= 0.3 is 18.2 Å². The highest BCUT2D eigenvalue weighted by Crippen LogP contribution is 2.27. The van der Waals surface area contributed by atoms with Gasteiger partial charge in [-0.25, -0.2) is 9.59 Å². The van der Waals surface area contributed by atoms with Crippen molar-refractivity contribution in [1.82, 2.24) is 4.98 Å². The van der Waals surface area contributed by atoms with E-state index in [2.05, 4.69) is 19.6 Å². The van der Waals surface area contributed by atoms with Gasteiger partial charge in [0.15, 0.2) is 0 Å². The Kier molecular flexibility index (Phi) is 5.75. The summed E-state index contributed by atoms with van der Waals surface area (Å²) in [4.78, 5) is 38.5. The molecule has 0 fully saturated rings. The van der Waals surface area contributed by atoms with Crippen molar-refractivity contribution in [3.63, 3.8) is 0 Å². The van der Waals surface area contributed by atoms with Gasteiger partial charge in [-0.05, 0) is 36.8 Å². The fraction of sp³-hybridized carbons (Fsp3) is 0.188. The van der Waals surface area contributed by atoms with Crippen molar-refractivity contribution < 1.29 is 29.1 Å². The summed E-state index contributed by atoms with van der Waals surface area (Å²) in [6.07, 6.45) is -3.03. The number of pyridine rings is 1. The molecule has 2 amide bonds. The van der Waals surface area contributed by atoms with Gasteiger partial charge in [-0.3, -0.25) is 9.78 Å². The van der Waals surface area contributed by atoms with Gasteiger partial charge in [0.1, 0.15) is 5.92 Å². The fourth-order valence-corrected chi connectivity index (χ4v) is 2.49. The Bertz CT molecular complexity index is 942. The van der Waals surface area contributed by atoms with Crippen molar-refractivity contribution >= 4 is 40.6 Å². The Hall–Kier alpha value is -3.89. The van der Waals surface area contributed by atoms with E-state index in [0.717, 1.165) is 10.9 Å². The summed E-state index contributed by atoms with van der Waals surface area (Å²) in [7, 11) is 0. The summed E-state index contributed by atoms with van der Waals surface area (Å²) < 4.78 is 8.93. The molecule has 27 heavy (non-hydrogen) atoms. The van der Waals surface area contributed by atoms with Crippen LogP contribution >= 0.6 is 0 Å². The molecule has 0 aliphatic carbocycles. The van der Waals surface area contributed by atoms with E-state index >= 15 is 0 Å². The first-order valence-corrected chi connectivity index (χ1v) is 7.57. The van der Waals surface area contributed by atoms with Crippen LogP contribution in [0.5, 0.6) is 0 Å². The van der Waals surface area contributed by atoms with Crippen LogP contribution in [-0.2, 0) is 14.3 Å². The number of fused-ring (bicyclic) bond motifs is 1. The molecule has 0 bridgehead atoms. The van der Waals surface area contributed by atoms with Crippen molar-refractivity contribution in [1.29, 1.82) is 0 Å². The number of esters is 1. The molecule has 11 heteroatoms. The third-order valence-corrected chi connectivity index (χ3v) is 3.61. The highest BCUT2D eigenvalue weighted by Gasteiger charge is 2.29. The number of nitrogens with zero attached hydrogens (tertiary/aromatic N) is 2. The molecule has 2 rings (SSSR count). The molecule has 0 saturated heterocycles. The van der Waals surface area contributed by atoms with Crippen molar-refractivity contribution in [3.05, 3.63) is 35.5 Å². The summed E-state index contributed by atoms with van der Waals surface area (Å²) in [5, 5.41) is 12.5. The van der Waals surface area contributed by atoms with Crippen molar-refractivity contribution in [2.24, 2.45) is 16.6 Å². The van der Waals surface area contributed by atoms with Crippen molar-refractivity contribution in [3.8, 4) is 0 Å². The standard InChI is InChI=1S/C16H17N5O6/c1-7-4-12(20-11-3-2-8(17)5-9(7)11)10(14(22)27-16(19)24)6-13(21-25)26-15(18)23/h2-5,10,25H,6,17H2,1H3,(H2,18,23)(H2,19,24)/b21-13+. The van der Waals surface area contributed by atoms with Gasteiger partial charge in [-0.15, -0.1) is 0 Å². The molecule has 0 radical (unpaired) electrons. The number of aromatic nitrogens is 1. The lowest BCUT2D eigenvalue weighted by atomic mass is 9.97. The Morgan fingerprint density at radius 2 is 1.85 bits per heavy atom. The molecule has 0 saturated carbocycles. The monoisotopic (exact) mass is 375 g/mol. The summed E-state index contributed by atoms with van der Waals surface area (Å²) in [5.41, 5.74) is 17.5. The van der Waals surface area contributed by atoms with Crippen LogP contribution in [-0.4, -0.2) is 34.2 Å². The second-order valence-corrected chi connectivity index (χ2v) is 5.55. The zero-order chi connectivity index (χ0) is 20.1. The van der Waals surface area contributed by atoms with E-state index in [9.17, 15) is 14.4 Å². The fourth-order valence-electron chi connectivity index (χ4n) is 2.49. The first-order valence-electron chi connectivity index (χ1n) is 7.57. The second kappa shape index (κ2) is 7.99. The lowest BCUT2D eigenvalue weighted by molar-refractivity contribution is -0.138. The molecule has 0 aliphatic heterocycles. The molecule has 1 atom stereocenters. The van der Waals surface area contributed by atoms with Crippen molar-refractivity contribution in [2.75, 3.05) is 5.73 Å². The van der Waals surface area contributed by atoms with Gasteiger partial charge in [-0.1, -0.05) is 5.16 Å². The van der Waals surface area contributed by atoms with E-state index in [1.807, 2.05) is 0 Å². The Labute approximate surface area is 152 Å². The summed E-state index contributed by atoms with van der Waals surface area (Å²) in [5.74, 6) is -2.90. The molecule has 1 aromatic heterocycles. The van der Waals surface area contributed by atoms with Gasteiger partial charge in [-0.2, -0.15) is 0 Å². The van der Waals surface area contributed by atoms with E-state index in [4.69, 9.17) is 22.4 Å². The second-order valence-electron chi connectivity index (χ2n) is 5.55. The van der Waals surface area contributed by atoms with Gasteiger partial charge < -0.3 is 31.9 Å². The summed E-state index contributed by atoms with van der Waals surface area (Å²) in [6.45, 7) is 1.77. The number of hydrogen-bond donors (Lipinski definition) is 4. The Balaban J connectivity index is 2.50. The molecule has 1 heterocycles. The number of nitrogens with two attached hydrogens (primary N) is 3. The topological polar surface area (TPSA) is 193 Å². The average Bonchev–Trinajstić information content (AvgIpc) is 2.57. The zero-order valence-electron chi connectivity index (χ0n) is 14.2. The van der Waals surface area contributed by atoms with E-state index < -0.39 is 36.4 Å². The third kappa shape index (κ3) is 4.81. The first-order chi connectivity index (χ1) is 12.7. The van der Waals surface area contributed by atoms with Gasteiger partial charge in [0.05, 0.1) is 11.2 Å². The van der Waals surface area contributed by atoms with Crippen LogP contribution in [0.15, 0.2) is 29.4 Å². The molecule has 1 aromatic carbocycles. The van der Waals surface area contributed by atoms with Crippen LogP contribution in [0, 0.1) is 6.92 Å². The van der Waals surface area contributed by atoms with Gasteiger partial charge in [0, 0.05) is 17.5 Å². The number of carbonyl (C=O) groups is 3. The summed E-state index contributed by atoms with van der Waals surface area (Å²) >= 11 is 0. The molecule has 7 N–H and O–H groups in total. The van der Waals surface area contributed by atoms with Crippen LogP contribution < -0.4 is 17.2 Å². The van der Waals surface area contributed by atoms with Crippen LogP contribution in [0.1, 0.15) is 23.6 Å². The number of rotatable bonds is 4. The van der Waals surface area contributed by atoms with Gasteiger partial charge in [0.25, 0.3) is 0 Å². The molecular formula is C16H17N5O6. The molecule has 11 nitrogen and oxygen atoms in total. The Morgan fingerprint density at radius 3 is 2.44 bits per heavy atom. The summed E-state index contributed by atoms with van der Waals surface area (Å²) in [6, 6.07) is 6.56. The number of aryl methyl sites for hydroxylation is 1. The molecule has 1 unspecified atom stereocenters. The largest absolute Gasteiger partial charge is 0.412 e. The number of ether oxygens (including phenoxy) is 2. The molecule has 142 valence electrons. The highest BCUT2D eigenvalue weighted by atomic mass is 16.6. The van der Waals surface area contributed by atoms with Crippen LogP contribution in [0.3, 0.4) is 0 Å². The molecular weight excluding hydrogens is 358 g/mol. The number of benzene rings is 1. The minimum atomic E-state index is -1.33. The van der Waals surface area contributed by atoms with E-state index in [1.54, 1.807) is 31.2 Å².